The molecule has 1 N–H and O–H groups in total. The van der Waals surface area contributed by atoms with Crippen molar-refractivity contribution in [1.29, 1.82) is 0 Å². The Bertz CT molecular complexity index is 479. The van der Waals surface area contributed by atoms with E-state index in [0.717, 1.165) is 0 Å². The summed E-state index contributed by atoms with van der Waals surface area (Å²) >= 11 is 0. The number of amides is 1. The highest BCUT2D eigenvalue weighted by molar-refractivity contribution is 5.96. The molecule has 1 amide bonds. The Balaban J connectivity index is 2.96. The van der Waals surface area contributed by atoms with Crippen molar-refractivity contribution in [2.75, 3.05) is 7.05 Å². The summed E-state index contributed by atoms with van der Waals surface area (Å²) in [5.74, 6) is -0.700. The van der Waals surface area contributed by atoms with Crippen molar-refractivity contribution < 1.29 is 19.2 Å². The van der Waals surface area contributed by atoms with Crippen molar-refractivity contribution >= 4 is 11.9 Å². The molecule has 1 atom stereocenters. The average Bonchev–Trinajstić information content (AvgIpc) is 2.65. The molecule has 0 aromatic carbocycles. The SMILES string of the molecule is Cc1onc(C(=O)N(C)C(CC(C)C)C(=O)O)c1C. The zero-order valence-electron chi connectivity index (χ0n) is 11.9. The first-order valence-electron chi connectivity index (χ1n) is 6.18. The van der Waals surface area contributed by atoms with Gasteiger partial charge in [-0.15, -0.1) is 0 Å². The largest absolute Gasteiger partial charge is 0.480 e. The number of carboxylic acid groups (broad SMARTS) is 1. The minimum absolute atomic E-state index is 0.176. The second-order valence-electron chi connectivity index (χ2n) is 5.11. The van der Waals surface area contributed by atoms with E-state index in [9.17, 15) is 14.7 Å². The maximum atomic E-state index is 12.2. The lowest BCUT2D eigenvalue weighted by Crippen LogP contribution is -2.43. The standard InChI is InChI=1S/C13H20N2O4/c1-7(2)6-10(13(17)18)15(5)12(16)11-8(3)9(4)19-14-11/h7,10H,6H2,1-5H3,(H,17,18). The number of rotatable bonds is 5. The minimum atomic E-state index is -1.01. The van der Waals surface area contributed by atoms with Gasteiger partial charge in [-0.25, -0.2) is 4.79 Å². The van der Waals surface area contributed by atoms with Gasteiger partial charge in [0.05, 0.1) is 0 Å². The van der Waals surface area contributed by atoms with Gasteiger partial charge in [-0.2, -0.15) is 0 Å². The van der Waals surface area contributed by atoms with Crippen LogP contribution in [0.15, 0.2) is 4.52 Å². The Morgan fingerprint density at radius 2 is 1.95 bits per heavy atom. The van der Waals surface area contributed by atoms with E-state index < -0.39 is 17.9 Å². The van der Waals surface area contributed by atoms with E-state index in [1.807, 2.05) is 13.8 Å². The van der Waals surface area contributed by atoms with Crippen LogP contribution in [-0.4, -0.2) is 40.1 Å². The Morgan fingerprint density at radius 3 is 2.32 bits per heavy atom. The van der Waals surface area contributed by atoms with Gasteiger partial charge in [0.2, 0.25) is 0 Å². The molecule has 0 saturated heterocycles. The lowest BCUT2D eigenvalue weighted by atomic mass is 10.0. The van der Waals surface area contributed by atoms with Crippen molar-refractivity contribution in [2.45, 2.75) is 40.2 Å². The Morgan fingerprint density at radius 1 is 1.37 bits per heavy atom. The van der Waals surface area contributed by atoms with Gasteiger partial charge in [-0.05, 0) is 26.2 Å². The van der Waals surface area contributed by atoms with Crippen molar-refractivity contribution in [3.05, 3.63) is 17.0 Å². The molecule has 1 unspecified atom stereocenters. The van der Waals surface area contributed by atoms with E-state index in [4.69, 9.17) is 4.52 Å². The molecule has 1 rings (SSSR count). The summed E-state index contributed by atoms with van der Waals surface area (Å²) in [6, 6.07) is -0.857. The zero-order valence-corrected chi connectivity index (χ0v) is 11.9. The molecule has 19 heavy (non-hydrogen) atoms. The zero-order chi connectivity index (χ0) is 14.7. The average molecular weight is 268 g/mol. The third-order valence-corrected chi connectivity index (χ3v) is 3.13. The molecular formula is C13H20N2O4. The summed E-state index contributed by atoms with van der Waals surface area (Å²) in [7, 11) is 1.48. The van der Waals surface area contributed by atoms with E-state index >= 15 is 0 Å². The van der Waals surface area contributed by atoms with Crippen molar-refractivity contribution in [1.82, 2.24) is 10.1 Å². The normalized spacial score (nSPS) is 12.5. The lowest BCUT2D eigenvalue weighted by molar-refractivity contribution is -0.142. The fourth-order valence-corrected chi connectivity index (χ4v) is 1.80. The molecule has 0 aliphatic carbocycles. The fraction of sp³-hybridized carbons (Fsp3) is 0.615. The number of aliphatic carboxylic acids is 1. The van der Waals surface area contributed by atoms with Crippen LogP contribution in [0.4, 0.5) is 0 Å². The lowest BCUT2D eigenvalue weighted by Gasteiger charge is -2.25. The van der Waals surface area contributed by atoms with Gasteiger partial charge in [0.15, 0.2) is 5.69 Å². The van der Waals surface area contributed by atoms with Gasteiger partial charge in [0.25, 0.3) is 5.91 Å². The number of aromatic nitrogens is 1. The number of carbonyl (C=O) groups is 2. The second-order valence-corrected chi connectivity index (χ2v) is 5.11. The Hall–Kier alpha value is -1.85. The Kier molecular flexibility index (Phi) is 4.69. The van der Waals surface area contributed by atoms with Crippen molar-refractivity contribution in [3.63, 3.8) is 0 Å². The molecular weight excluding hydrogens is 248 g/mol. The molecule has 1 aromatic heterocycles. The van der Waals surface area contributed by atoms with Crippen LogP contribution in [-0.2, 0) is 4.79 Å². The summed E-state index contributed by atoms with van der Waals surface area (Å²) in [5, 5.41) is 12.9. The predicted molar refractivity (Wildman–Crippen MR) is 68.9 cm³/mol. The van der Waals surface area contributed by atoms with Gasteiger partial charge in [0.1, 0.15) is 11.8 Å². The summed E-state index contributed by atoms with van der Waals surface area (Å²) in [4.78, 5) is 24.7. The number of nitrogens with zero attached hydrogens (tertiary/aromatic N) is 2. The van der Waals surface area contributed by atoms with E-state index in [-0.39, 0.29) is 11.6 Å². The van der Waals surface area contributed by atoms with Crippen LogP contribution in [0.2, 0.25) is 0 Å². The topological polar surface area (TPSA) is 83.6 Å². The highest BCUT2D eigenvalue weighted by atomic mass is 16.5. The first-order valence-corrected chi connectivity index (χ1v) is 6.18. The molecule has 0 aliphatic heterocycles. The van der Waals surface area contributed by atoms with Crippen molar-refractivity contribution in [2.24, 2.45) is 5.92 Å². The maximum Gasteiger partial charge on any atom is 0.326 e. The van der Waals surface area contributed by atoms with Crippen LogP contribution >= 0.6 is 0 Å². The molecule has 1 heterocycles. The van der Waals surface area contributed by atoms with Gasteiger partial charge in [0, 0.05) is 12.6 Å². The molecule has 0 saturated carbocycles. The number of likely N-dealkylation sites (N-methyl/N-ethyl adjacent to an activating group) is 1. The van der Waals surface area contributed by atoms with E-state index in [0.29, 0.717) is 17.7 Å². The second kappa shape index (κ2) is 5.86. The molecule has 6 nitrogen and oxygen atoms in total. The van der Waals surface area contributed by atoms with Gasteiger partial charge in [-0.1, -0.05) is 19.0 Å². The third kappa shape index (κ3) is 3.33. The quantitative estimate of drug-likeness (QED) is 0.881. The van der Waals surface area contributed by atoms with Crippen LogP contribution in [0.3, 0.4) is 0 Å². The molecule has 0 fully saturated rings. The molecule has 0 aliphatic rings. The van der Waals surface area contributed by atoms with Gasteiger partial charge < -0.3 is 14.5 Å². The van der Waals surface area contributed by atoms with E-state index in [1.165, 1.54) is 11.9 Å². The summed E-state index contributed by atoms with van der Waals surface area (Å²) in [5.41, 5.74) is 0.820. The monoisotopic (exact) mass is 268 g/mol. The number of aryl methyl sites for hydroxylation is 1. The third-order valence-electron chi connectivity index (χ3n) is 3.13. The molecule has 106 valence electrons. The molecule has 6 heteroatoms. The summed E-state index contributed by atoms with van der Waals surface area (Å²) in [6.07, 6.45) is 0.396. The van der Waals surface area contributed by atoms with Crippen molar-refractivity contribution in [3.8, 4) is 0 Å². The molecule has 0 bridgehead atoms. The minimum Gasteiger partial charge on any atom is -0.480 e. The summed E-state index contributed by atoms with van der Waals surface area (Å²) < 4.78 is 4.94. The molecule has 0 spiro atoms. The van der Waals surface area contributed by atoms with E-state index in [2.05, 4.69) is 5.16 Å². The molecule has 1 aromatic rings. The van der Waals surface area contributed by atoms with Gasteiger partial charge >= 0.3 is 5.97 Å². The van der Waals surface area contributed by atoms with Crippen LogP contribution in [0.5, 0.6) is 0 Å². The Labute approximate surface area is 112 Å². The number of carbonyl (C=O) groups excluding carboxylic acids is 1. The maximum absolute atomic E-state index is 12.2. The predicted octanol–water partition coefficient (Wildman–Crippen LogP) is 1.86. The fourth-order valence-electron chi connectivity index (χ4n) is 1.80. The van der Waals surface area contributed by atoms with Gasteiger partial charge in [-0.3, -0.25) is 4.79 Å². The first-order chi connectivity index (χ1) is 8.75. The highest BCUT2D eigenvalue weighted by Crippen LogP contribution is 2.17. The van der Waals surface area contributed by atoms with Crippen LogP contribution in [0, 0.1) is 19.8 Å². The van der Waals surface area contributed by atoms with Crippen LogP contribution < -0.4 is 0 Å². The first kappa shape index (κ1) is 15.2. The van der Waals surface area contributed by atoms with E-state index in [1.54, 1.807) is 13.8 Å². The number of carboxylic acids is 1. The van der Waals surface area contributed by atoms with Crippen LogP contribution in [0.25, 0.3) is 0 Å². The summed E-state index contributed by atoms with van der Waals surface area (Å²) in [6.45, 7) is 7.27. The highest BCUT2D eigenvalue weighted by Gasteiger charge is 2.30. The smallest absolute Gasteiger partial charge is 0.326 e. The van der Waals surface area contributed by atoms with Crippen LogP contribution in [0.1, 0.15) is 42.1 Å². The number of hydrogen-bond donors (Lipinski definition) is 1. The number of hydrogen-bond acceptors (Lipinski definition) is 4. The molecule has 0 radical (unpaired) electrons.